The van der Waals surface area contributed by atoms with Crippen molar-refractivity contribution in [3.8, 4) is 22.3 Å². The second-order valence-electron chi connectivity index (χ2n) is 17.7. The number of hydrogen-bond donors (Lipinski definition) is 4. The summed E-state index contributed by atoms with van der Waals surface area (Å²) >= 11 is 0. The number of halogens is 1. The van der Waals surface area contributed by atoms with Crippen molar-refractivity contribution >= 4 is 85.5 Å². The normalized spacial score (nSPS) is 13.7. The molecular formula is C57H55FN12O3. The third-order valence-corrected chi connectivity index (χ3v) is 12.8. The van der Waals surface area contributed by atoms with Crippen LogP contribution >= 0.6 is 0 Å². The van der Waals surface area contributed by atoms with E-state index in [1.165, 1.54) is 12.2 Å². The average molecular weight is 975 g/mol. The monoisotopic (exact) mass is 974 g/mol. The zero-order valence-electron chi connectivity index (χ0n) is 40.7. The molecule has 0 radical (unpaired) electrons. The van der Waals surface area contributed by atoms with Gasteiger partial charge in [-0.05, 0) is 97.1 Å². The zero-order chi connectivity index (χ0) is 50.8. The Morgan fingerprint density at radius 1 is 0.562 bits per heavy atom. The van der Waals surface area contributed by atoms with Crippen molar-refractivity contribution in [1.29, 1.82) is 0 Å². The van der Waals surface area contributed by atoms with Crippen LogP contribution in [0.2, 0.25) is 0 Å². The van der Waals surface area contributed by atoms with Crippen molar-refractivity contribution in [2.24, 2.45) is 0 Å². The number of para-hydroxylation sites is 2. The molecule has 16 heteroatoms. The van der Waals surface area contributed by atoms with Gasteiger partial charge in [0.25, 0.3) is 0 Å². The van der Waals surface area contributed by atoms with E-state index in [-0.39, 0.29) is 23.5 Å². The number of aromatic nitrogens is 4. The molecule has 2 aromatic heterocycles. The largest absolute Gasteiger partial charge is 0.369 e. The first-order chi connectivity index (χ1) is 35.5. The van der Waals surface area contributed by atoms with Gasteiger partial charge in [-0.15, -0.1) is 0 Å². The van der Waals surface area contributed by atoms with E-state index in [0.717, 1.165) is 113 Å². The van der Waals surface area contributed by atoms with Crippen LogP contribution in [-0.2, 0) is 14.4 Å². The molecule has 2 saturated heterocycles. The Labute approximate surface area is 423 Å². The van der Waals surface area contributed by atoms with Crippen LogP contribution < -0.4 is 31.1 Å². The van der Waals surface area contributed by atoms with Gasteiger partial charge in [-0.25, -0.2) is 24.3 Å². The first kappa shape index (κ1) is 49.0. The minimum Gasteiger partial charge on any atom is -0.369 e. The summed E-state index contributed by atoms with van der Waals surface area (Å²) in [5, 5.41) is 13.7. The van der Waals surface area contributed by atoms with Gasteiger partial charge >= 0.3 is 0 Å². The fourth-order valence-corrected chi connectivity index (χ4v) is 8.76. The number of rotatable bonds is 12. The lowest BCUT2D eigenvalue weighted by molar-refractivity contribution is -0.129. The Hall–Kier alpha value is -9.02. The molecule has 4 N–H and O–H groups in total. The van der Waals surface area contributed by atoms with E-state index in [4.69, 9.17) is 9.97 Å². The summed E-state index contributed by atoms with van der Waals surface area (Å²) in [7, 11) is 2.09. The molecule has 0 spiro atoms. The van der Waals surface area contributed by atoms with E-state index in [0.29, 0.717) is 29.0 Å². The van der Waals surface area contributed by atoms with E-state index in [9.17, 15) is 14.4 Å². The zero-order valence-corrected chi connectivity index (χ0v) is 40.7. The predicted molar refractivity (Wildman–Crippen MR) is 291 cm³/mol. The van der Waals surface area contributed by atoms with Gasteiger partial charge < -0.3 is 40.9 Å². The molecule has 4 heterocycles. The molecule has 2 aliphatic heterocycles. The van der Waals surface area contributed by atoms with Gasteiger partial charge in [-0.1, -0.05) is 73.8 Å². The molecule has 368 valence electrons. The van der Waals surface area contributed by atoms with Gasteiger partial charge in [0, 0.05) is 122 Å². The molecule has 10 rings (SSSR count). The SMILES string of the molecule is C=CC(=O)Nc1cccc(-c2cccc3cnc(Nc4ccc(N5CCN(C(C)=O)CC5)cc4)nc23)c1.C=CC(=O)Nc1cccc(-c2cccc3cnc(Nc4ccc(N5CCN(C)CC5)cc4F)nc23)c1. The highest BCUT2D eigenvalue weighted by Gasteiger charge is 2.20. The van der Waals surface area contributed by atoms with Crippen LogP contribution in [0.5, 0.6) is 0 Å². The maximum Gasteiger partial charge on any atom is 0.247 e. The van der Waals surface area contributed by atoms with Crippen molar-refractivity contribution in [2.45, 2.75) is 6.92 Å². The van der Waals surface area contributed by atoms with E-state index in [1.54, 1.807) is 31.5 Å². The summed E-state index contributed by atoms with van der Waals surface area (Å²) in [6.45, 7) is 15.4. The molecular weight excluding hydrogens is 920 g/mol. The van der Waals surface area contributed by atoms with Gasteiger partial charge in [-0.2, -0.15) is 0 Å². The van der Waals surface area contributed by atoms with Crippen molar-refractivity contribution in [2.75, 3.05) is 90.5 Å². The first-order valence-electron chi connectivity index (χ1n) is 24.0. The summed E-state index contributed by atoms with van der Waals surface area (Å²) in [5.41, 5.74) is 9.71. The number of anilines is 8. The van der Waals surface area contributed by atoms with Crippen LogP contribution in [0.4, 0.5) is 50.4 Å². The van der Waals surface area contributed by atoms with E-state index < -0.39 is 0 Å². The third-order valence-electron chi connectivity index (χ3n) is 12.8. The van der Waals surface area contributed by atoms with Crippen molar-refractivity contribution in [3.63, 3.8) is 0 Å². The maximum atomic E-state index is 15.0. The predicted octanol–water partition coefficient (Wildman–Crippen LogP) is 9.89. The minimum absolute atomic E-state index is 0.130. The van der Waals surface area contributed by atoms with Crippen LogP contribution in [0, 0.1) is 5.82 Å². The minimum atomic E-state index is -0.353. The molecule has 2 aliphatic rings. The Bertz CT molecular complexity index is 3330. The molecule has 73 heavy (non-hydrogen) atoms. The summed E-state index contributed by atoms with van der Waals surface area (Å²) in [6, 6.07) is 40.3. The number of piperazine rings is 2. The van der Waals surface area contributed by atoms with Gasteiger partial charge in [0.05, 0.1) is 16.7 Å². The molecule has 0 bridgehead atoms. The fourth-order valence-electron chi connectivity index (χ4n) is 8.76. The lowest BCUT2D eigenvalue weighted by Crippen LogP contribution is -2.48. The Balaban J connectivity index is 0.000000180. The van der Waals surface area contributed by atoms with Crippen LogP contribution in [0.25, 0.3) is 44.1 Å². The second kappa shape index (κ2) is 22.4. The van der Waals surface area contributed by atoms with Crippen LogP contribution in [0.3, 0.4) is 0 Å². The molecule has 8 aromatic rings. The quantitative estimate of drug-likeness (QED) is 0.0859. The number of fused-ring (bicyclic) bond motifs is 2. The standard InChI is InChI=1S/C29H28N6O2.C28H27FN6O/c1-3-27(37)31-24-8-4-6-21(18-24)26-9-5-7-22-19-30-29(33-28(22)26)32-23-10-12-25(13-11-23)35-16-14-34(15-17-35)20(2)36;1-3-26(36)31-21-8-4-6-19(16-21)23-9-5-7-20-18-30-28(33-27(20)23)32-25-11-10-22(17-24(25)29)35-14-12-34(2)13-15-35/h3-13,18-19H,1,14-17H2,2H3,(H,31,37)(H,30,32,33);3-11,16-18H,1,12-15H2,2H3,(H,31,36)(H,30,32,33). The van der Waals surface area contributed by atoms with Gasteiger partial charge in [-0.3, -0.25) is 14.4 Å². The average Bonchev–Trinajstić information content (AvgIpc) is 3.41. The maximum absolute atomic E-state index is 15.0. The summed E-state index contributed by atoms with van der Waals surface area (Å²) in [6.07, 6.45) is 6.00. The summed E-state index contributed by atoms with van der Waals surface area (Å²) < 4.78 is 15.0. The molecule has 0 saturated carbocycles. The number of hydrogen-bond acceptors (Lipinski definition) is 12. The Kier molecular flexibility index (Phi) is 15.0. The first-order valence-corrected chi connectivity index (χ1v) is 24.0. The van der Waals surface area contributed by atoms with Crippen molar-refractivity contribution in [3.05, 3.63) is 171 Å². The topological polar surface area (TPSA) is 164 Å². The molecule has 2 fully saturated rings. The van der Waals surface area contributed by atoms with Crippen molar-refractivity contribution in [1.82, 2.24) is 29.7 Å². The number of nitrogens with one attached hydrogen (secondary N) is 4. The molecule has 15 nitrogen and oxygen atoms in total. The molecule has 3 amide bonds. The van der Waals surface area contributed by atoms with E-state index >= 15 is 4.39 Å². The summed E-state index contributed by atoms with van der Waals surface area (Å²) in [5.74, 6) is 0.0444. The second-order valence-corrected chi connectivity index (χ2v) is 17.7. The molecule has 6 aromatic carbocycles. The van der Waals surface area contributed by atoms with Gasteiger partial charge in [0.1, 0.15) is 5.82 Å². The fraction of sp³-hybridized carbons (Fsp3) is 0.175. The number of amides is 3. The smallest absolute Gasteiger partial charge is 0.247 e. The van der Waals surface area contributed by atoms with Crippen LogP contribution in [-0.4, -0.2) is 107 Å². The number of likely N-dealkylation sites (N-methyl/N-ethyl adjacent to an activating group) is 1. The van der Waals surface area contributed by atoms with E-state index in [1.807, 2.05) is 108 Å². The molecule has 0 aliphatic carbocycles. The van der Waals surface area contributed by atoms with Crippen LogP contribution in [0.15, 0.2) is 165 Å². The lowest BCUT2D eigenvalue weighted by atomic mass is 10.0. The van der Waals surface area contributed by atoms with Gasteiger partial charge in [0.15, 0.2) is 0 Å². The third kappa shape index (κ3) is 12.0. The number of benzene rings is 6. The Morgan fingerprint density at radius 2 is 1.05 bits per heavy atom. The highest BCUT2D eigenvalue weighted by molar-refractivity contribution is 6.01. The Morgan fingerprint density at radius 3 is 1.58 bits per heavy atom. The molecule has 0 atom stereocenters. The van der Waals surface area contributed by atoms with Crippen molar-refractivity contribution < 1.29 is 18.8 Å². The van der Waals surface area contributed by atoms with E-state index in [2.05, 4.69) is 78.3 Å². The van der Waals surface area contributed by atoms with Gasteiger partial charge in [0.2, 0.25) is 29.6 Å². The summed E-state index contributed by atoms with van der Waals surface area (Å²) in [4.78, 5) is 62.1. The number of carbonyl (C=O) groups excluding carboxylic acids is 3. The highest BCUT2D eigenvalue weighted by Crippen LogP contribution is 2.33. The number of nitrogens with zero attached hydrogens (tertiary/aromatic N) is 8. The highest BCUT2D eigenvalue weighted by atomic mass is 19.1. The number of carbonyl (C=O) groups is 3. The molecule has 0 unspecified atom stereocenters. The lowest BCUT2D eigenvalue weighted by Gasteiger charge is -2.35. The van der Waals surface area contributed by atoms with Crippen LogP contribution in [0.1, 0.15) is 6.92 Å².